The lowest BCUT2D eigenvalue weighted by Gasteiger charge is -2.29. The highest BCUT2D eigenvalue weighted by molar-refractivity contribution is 5.87. The van der Waals surface area contributed by atoms with Gasteiger partial charge in [-0.15, -0.1) is 0 Å². The number of hydrogen-bond acceptors (Lipinski definition) is 4. The van der Waals surface area contributed by atoms with Crippen LogP contribution in [-0.4, -0.2) is 19.2 Å². The zero-order chi connectivity index (χ0) is 17.9. The van der Waals surface area contributed by atoms with Gasteiger partial charge >= 0.3 is 0 Å². The molecule has 0 aliphatic carbocycles. The topological polar surface area (TPSA) is 51.5 Å². The minimum absolute atomic E-state index is 0.0354. The molecular weight excluding hydrogens is 326 g/mol. The Labute approximate surface area is 152 Å². The first-order valence-electron chi connectivity index (χ1n) is 9.21. The minimum atomic E-state index is -0.0537. The summed E-state index contributed by atoms with van der Waals surface area (Å²) in [5.74, 6) is 1.05. The summed E-state index contributed by atoms with van der Waals surface area (Å²) in [7, 11) is 0. The normalized spacial score (nSPS) is 18.6. The van der Waals surface area contributed by atoms with Gasteiger partial charge in [-0.3, -0.25) is 4.79 Å². The van der Waals surface area contributed by atoms with Crippen LogP contribution in [0.3, 0.4) is 0 Å². The molecular formula is C22H23NO3. The third kappa shape index (κ3) is 3.25. The predicted molar refractivity (Wildman–Crippen MR) is 104 cm³/mol. The zero-order valence-corrected chi connectivity index (χ0v) is 14.9. The first-order chi connectivity index (χ1) is 12.7. The molecule has 1 fully saturated rings. The maximum atomic E-state index is 13.2. The van der Waals surface area contributed by atoms with Gasteiger partial charge in [0, 0.05) is 12.5 Å². The van der Waals surface area contributed by atoms with Gasteiger partial charge in [-0.25, -0.2) is 0 Å². The second-order valence-electron chi connectivity index (χ2n) is 6.90. The fraction of sp³-hybridized carbons (Fsp3) is 0.318. The van der Waals surface area contributed by atoms with E-state index in [1.807, 2.05) is 48.5 Å². The van der Waals surface area contributed by atoms with Crippen LogP contribution in [0.25, 0.3) is 22.1 Å². The van der Waals surface area contributed by atoms with Crippen LogP contribution in [0, 0.1) is 5.92 Å². The van der Waals surface area contributed by atoms with Gasteiger partial charge in [0.15, 0.2) is 0 Å². The van der Waals surface area contributed by atoms with Crippen molar-refractivity contribution in [3.63, 3.8) is 0 Å². The first kappa shape index (κ1) is 16.9. The van der Waals surface area contributed by atoms with Gasteiger partial charge in [0.1, 0.15) is 23.0 Å². The molecule has 1 saturated heterocycles. The van der Waals surface area contributed by atoms with E-state index in [1.165, 1.54) is 6.26 Å². The Morgan fingerprint density at radius 2 is 2.00 bits per heavy atom. The molecule has 2 unspecified atom stereocenters. The largest absolute Gasteiger partial charge is 0.489 e. The van der Waals surface area contributed by atoms with Crippen LogP contribution in [0.1, 0.15) is 19.8 Å². The molecule has 1 N–H and O–H groups in total. The molecule has 134 valence electrons. The van der Waals surface area contributed by atoms with Crippen molar-refractivity contribution < 1.29 is 9.15 Å². The number of nitrogens with one attached hydrogen (secondary N) is 1. The summed E-state index contributed by atoms with van der Waals surface area (Å²) in [5.41, 5.74) is 1.91. The maximum Gasteiger partial charge on any atom is 0.204 e. The predicted octanol–water partition coefficient (Wildman–Crippen LogP) is 4.23. The average Bonchev–Trinajstić information content (AvgIpc) is 2.69. The molecule has 2 heterocycles. The van der Waals surface area contributed by atoms with Gasteiger partial charge in [0.2, 0.25) is 5.43 Å². The van der Waals surface area contributed by atoms with Crippen LogP contribution in [0.5, 0.6) is 5.75 Å². The molecule has 0 saturated carbocycles. The number of piperidine rings is 1. The van der Waals surface area contributed by atoms with Crippen molar-refractivity contribution in [3.05, 3.63) is 65.0 Å². The van der Waals surface area contributed by atoms with Gasteiger partial charge in [-0.2, -0.15) is 0 Å². The van der Waals surface area contributed by atoms with E-state index < -0.39 is 0 Å². The molecule has 0 spiro atoms. The molecule has 3 aromatic rings. The first-order valence-corrected chi connectivity index (χ1v) is 9.21. The second-order valence-corrected chi connectivity index (χ2v) is 6.90. The molecule has 4 heteroatoms. The summed E-state index contributed by atoms with van der Waals surface area (Å²) in [6.45, 7) is 4.11. The minimum Gasteiger partial charge on any atom is -0.489 e. The van der Waals surface area contributed by atoms with Crippen molar-refractivity contribution in [2.45, 2.75) is 25.9 Å². The number of benzene rings is 2. The van der Waals surface area contributed by atoms with Gasteiger partial charge < -0.3 is 14.5 Å². The monoisotopic (exact) mass is 349 g/mol. The highest BCUT2D eigenvalue weighted by Gasteiger charge is 2.23. The summed E-state index contributed by atoms with van der Waals surface area (Å²) in [6.07, 6.45) is 3.88. The number of rotatable bonds is 4. The van der Waals surface area contributed by atoms with E-state index in [4.69, 9.17) is 9.15 Å². The van der Waals surface area contributed by atoms with Gasteiger partial charge in [0.25, 0.3) is 0 Å². The fourth-order valence-corrected chi connectivity index (χ4v) is 3.63. The van der Waals surface area contributed by atoms with Crippen LogP contribution >= 0.6 is 0 Å². The Morgan fingerprint density at radius 1 is 1.15 bits per heavy atom. The van der Waals surface area contributed by atoms with E-state index in [9.17, 15) is 4.79 Å². The number of hydrogen-bond donors (Lipinski definition) is 1. The molecule has 1 aliphatic heterocycles. The van der Waals surface area contributed by atoms with Crippen molar-refractivity contribution in [2.24, 2.45) is 5.92 Å². The molecule has 0 bridgehead atoms. The summed E-state index contributed by atoms with van der Waals surface area (Å²) >= 11 is 0. The van der Waals surface area contributed by atoms with Crippen LogP contribution in [-0.2, 0) is 0 Å². The van der Waals surface area contributed by atoms with Crippen LogP contribution in [0.15, 0.2) is 64.0 Å². The van der Waals surface area contributed by atoms with Crippen molar-refractivity contribution >= 4 is 11.0 Å². The van der Waals surface area contributed by atoms with Crippen molar-refractivity contribution in [3.8, 4) is 16.9 Å². The van der Waals surface area contributed by atoms with E-state index in [0.29, 0.717) is 28.2 Å². The van der Waals surface area contributed by atoms with Crippen LogP contribution < -0.4 is 15.5 Å². The van der Waals surface area contributed by atoms with Crippen molar-refractivity contribution in [1.82, 2.24) is 5.32 Å². The number of fused-ring (bicyclic) bond motifs is 1. The summed E-state index contributed by atoms with van der Waals surface area (Å²) in [5, 5.41) is 3.94. The summed E-state index contributed by atoms with van der Waals surface area (Å²) in [6, 6.07) is 15.1. The highest BCUT2D eigenvalue weighted by Crippen LogP contribution is 2.28. The third-order valence-electron chi connectivity index (χ3n) is 5.16. The Balaban J connectivity index is 1.74. The fourth-order valence-electron chi connectivity index (χ4n) is 3.63. The molecule has 0 radical (unpaired) electrons. The highest BCUT2D eigenvalue weighted by atomic mass is 16.5. The molecule has 4 rings (SSSR count). The van der Waals surface area contributed by atoms with Crippen LogP contribution in [0.2, 0.25) is 0 Å². The van der Waals surface area contributed by atoms with Gasteiger partial charge in [-0.1, -0.05) is 36.4 Å². The SMILES string of the molecule is CC(Oc1cccc2occ(-c3ccccc3)c(=O)c12)C1CCCNC1. The van der Waals surface area contributed by atoms with Crippen LogP contribution in [0.4, 0.5) is 0 Å². The molecule has 2 aromatic carbocycles. The lowest BCUT2D eigenvalue weighted by Crippen LogP contribution is -2.38. The quantitative estimate of drug-likeness (QED) is 0.766. The second kappa shape index (κ2) is 7.34. The average molecular weight is 349 g/mol. The lowest BCUT2D eigenvalue weighted by atomic mass is 9.94. The van der Waals surface area contributed by atoms with Crippen molar-refractivity contribution in [1.29, 1.82) is 0 Å². The van der Waals surface area contributed by atoms with E-state index >= 15 is 0 Å². The lowest BCUT2D eigenvalue weighted by molar-refractivity contribution is 0.133. The Hall–Kier alpha value is -2.59. The third-order valence-corrected chi connectivity index (χ3v) is 5.16. The van der Waals surface area contributed by atoms with E-state index in [-0.39, 0.29) is 11.5 Å². The zero-order valence-electron chi connectivity index (χ0n) is 14.9. The molecule has 0 amide bonds. The van der Waals surface area contributed by atoms with Gasteiger partial charge in [-0.05, 0) is 44.0 Å². The molecule has 26 heavy (non-hydrogen) atoms. The Morgan fingerprint density at radius 3 is 2.77 bits per heavy atom. The standard InChI is InChI=1S/C22H23NO3/c1-15(17-9-6-12-23-13-17)26-20-11-5-10-19-21(20)22(24)18(14-25-19)16-7-3-2-4-8-16/h2-5,7-8,10-11,14-15,17,23H,6,9,12-13H2,1H3. The molecule has 4 nitrogen and oxygen atoms in total. The smallest absolute Gasteiger partial charge is 0.204 e. The maximum absolute atomic E-state index is 13.2. The molecule has 1 aromatic heterocycles. The molecule has 2 atom stereocenters. The van der Waals surface area contributed by atoms with E-state index in [1.54, 1.807) is 0 Å². The van der Waals surface area contributed by atoms with E-state index in [2.05, 4.69) is 12.2 Å². The van der Waals surface area contributed by atoms with E-state index in [0.717, 1.165) is 31.5 Å². The van der Waals surface area contributed by atoms with Gasteiger partial charge in [0.05, 0.1) is 11.7 Å². The summed E-state index contributed by atoms with van der Waals surface area (Å²) in [4.78, 5) is 13.2. The summed E-state index contributed by atoms with van der Waals surface area (Å²) < 4.78 is 12.0. The Kier molecular flexibility index (Phi) is 4.76. The number of ether oxygens (including phenoxy) is 1. The molecule has 1 aliphatic rings. The Bertz CT molecular complexity index is 943. The van der Waals surface area contributed by atoms with Crippen molar-refractivity contribution in [2.75, 3.05) is 13.1 Å².